The van der Waals surface area contributed by atoms with Crippen LogP contribution in [0.15, 0.2) is 30.3 Å². The summed E-state index contributed by atoms with van der Waals surface area (Å²) < 4.78 is 24.9. The Balaban J connectivity index is 2.08. The lowest BCUT2D eigenvalue weighted by Gasteiger charge is -2.28. The van der Waals surface area contributed by atoms with Crippen LogP contribution in [0.5, 0.6) is 17.2 Å². The molecule has 5 nitrogen and oxygen atoms in total. The smallest absolute Gasteiger partial charge is 0.203 e. The molecule has 0 saturated carbocycles. The number of nitrogens with zero attached hydrogens (tertiary/aromatic N) is 1. The summed E-state index contributed by atoms with van der Waals surface area (Å²) in [5.41, 5.74) is 0.357. The van der Waals surface area contributed by atoms with Crippen molar-refractivity contribution in [2.45, 2.75) is 25.8 Å². The van der Waals surface area contributed by atoms with Crippen LogP contribution in [0.25, 0.3) is 0 Å². The van der Waals surface area contributed by atoms with Gasteiger partial charge in [0.2, 0.25) is 5.78 Å². The van der Waals surface area contributed by atoms with Crippen molar-refractivity contribution >= 4 is 5.78 Å². The first-order chi connectivity index (χ1) is 13.1. The van der Waals surface area contributed by atoms with Gasteiger partial charge in [-0.3, -0.25) is 9.69 Å². The topological polar surface area (TPSA) is 59.0 Å². The van der Waals surface area contributed by atoms with Gasteiger partial charge in [-0.05, 0) is 38.1 Å². The minimum Gasteiger partial charge on any atom is -0.507 e. The van der Waals surface area contributed by atoms with Crippen LogP contribution in [-0.4, -0.2) is 43.1 Å². The van der Waals surface area contributed by atoms with Crippen LogP contribution in [0.2, 0.25) is 0 Å². The molecular weight excluding hydrogens is 349 g/mol. The standard InChI is InChI=1S/C21H24FNO4/c1-26-17-12-18(27-2)19(20(24)14-8-4-5-9-16(14)22)21(25)15(17)13-23-10-6-3-7-11-23/h4-5,8-9,12,25H,3,6-7,10-11,13H2,1-2H3. The van der Waals surface area contributed by atoms with Gasteiger partial charge in [-0.2, -0.15) is 0 Å². The van der Waals surface area contributed by atoms with Crippen molar-refractivity contribution in [3.63, 3.8) is 0 Å². The lowest BCUT2D eigenvalue weighted by Crippen LogP contribution is -2.29. The molecule has 0 atom stereocenters. The van der Waals surface area contributed by atoms with Gasteiger partial charge in [0, 0.05) is 12.6 Å². The van der Waals surface area contributed by atoms with Crippen LogP contribution in [0.4, 0.5) is 4.39 Å². The first-order valence-corrected chi connectivity index (χ1v) is 9.05. The Bertz CT molecular complexity index is 831. The summed E-state index contributed by atoms with van der Waals surface area (Å²) in [5, 5.41) is 10.9. The predicted molar refractivity (Wildman–Crippen MR) is 100 cm³/mol. The van der Waals surface area contributed by atoms with Gasteiger partial charge in [-0.25, -0.2) is 4.39 Å². The molecule has 2 aromatic carbocycles. The second-order valence-corrected chi connectivity index (χ2v) is 6.63. The van der Waals surface area contributed by atoms with E-state index in [1.165, 1.54) is 38.8 Å². The molecule has 3 rings (SSSR count). The van der Waals surface area contributed by atoms with Gasteiger partial charge >= 0.3 is 0 Å². The maximum atomic E-state index is 14.1. The lowest BCUT2D eigenvalue weighted by molar-refractivity contribution is 0.102. The number of ketones is 1. The minimum absolute atomic E-state index is 0.0459. The number of hydrogen-bond acceptors (Lipinski definition) is 5. The third kappa shape index (κ3) is 3.90. The number of likely N-dealkylation sites (tertiary alicyclic amines) is 1. The van der Waals surface area contributed by atoms with Crippen LogP contribution in [0.1, 0.15) is 40.7 Å². The van der Waals surface area contributed by atoms with Gasteiger partial charge in [0.1, 0.15) is 28.6 Å². The molecule has 6 heteroatoms. The maximum absolute atomic E-state index is 14.1. The summed E-state index contributed by atoms with van der Waals surface area (Å²) in [7, 11) is 2.91. The molecule has 0 bridgehead atoms. The first-order valence-electron chi connectivity index (χ1n) is 9.05. The fraction of sp³-hybridized carbons (Fsp3) is 0.381. The normalized spacial score (nSPS) is 14.8. The Morgan fingerprint density at radius 3 is 2.41 bits per heavy atom. The molecule has 0 unspecified atom stereocenters. The molecule has 144 valence electrons. The molecule has 1 aliphatic rings. The minimum atomic E-state index is -0.641. The second kappa shape index (κ2) is 8.39. The highest BCUT2D eigenvalue weighted by Gasteiger charge is 2.27. The number of piperidine rings is 1. The zero-order chi connectivity index (χ0) is 19.4. The van der Waals surface area contributed by atoms with Crippen molar-refractivity contribution < 1.29 is 23.8 Å². The molecule has 1 heterocycles. The van der Waals surface area contributed by atoms with Gasteiger partial charge in [0.25, 0.3) is 0 Å². The summed E-state index contributed by atoms with van der Waals surface area (Å²) in [6.45, 7) is 2.30. The molecule has 27 heavy (non-hydrogen) atoms. The summed E-state index contributed by atoms with van der Waals surface area (Å²) in [5.74, 6) is -0.882. The molecule has 1 aliphatic heterocycles. The van der Waals surface area contributed by atoms with Crippen LogP contribution in [-0.2, 0) is 6.54 Å². The average Bonchev–Trinajstić information content (AvgIpc) is 2.69. The van der Waals surface area contributed by atoms with E-state index in [9.17, 15) is 14.3 Å². The molecule has 1 fully saturated rings. The molecule has 0 radical (unpaired) electrons. The van der Waals surface area contributed by atoms with Gasteiger partial charge in [0.15, 0.2) is 0 Å². The van der Waals surface area contributed by atoms with E-state index in [0.717, 1.165) is 25.9 Å². The lowest BCUT2D eigenvalue weighted by atomic mass is 9.97. The SMILES string of the molecule is COc1cc(OC)c(C(=O)c2ccccc2F)c(O)c1CN1CCCCC1. The molecule has 1 saturated heterocycles. The molecule has 0 amide bonds. The van der Waals surface area contributed by atoms with E-state index < -0.39 is 11.6 Å². The summed E-state index contributed by atoms with van der Waals surface area (Å²) in [6, 6.07) is 7.28. The van der Waals surface area contributed by atoms with Gasteiger partial charge in [0.05, 0.1) is 25.3 Å². The van der Waals surface area contributed by atoms with Crippen LogP contribution in [0, 0.1) is 5.82 Å². The largest absolute Gasteiger partial charge is 0.507 e. The number of hydrogen-bond donors (Lipinski definition) is 1. The Morgan fingerprint density at radius 1 is 1.11 bits per heavy atom. The summed E-state index contributed by atoms with van der Waals surface area (Å²) >= 11 is 0. The van der Waals surface area contributed by atoms with E-state index in [0.29, 0.717) is 17.9 Å². The first kappa shape index (κ1) is 19.2. The van der Waals surface area contributed by atoms with E-state index >= 15 is 0 Å². The number of methoxy groups -OCH3 is 2. The fourth-order valence-electron chi connectivity index (χ4n) is 3.50. The number of phenolic OH excluding ortho intramolecular Hbond substituents is 1. The molecule has 2 aromatic rings. The fourth-order valence-corrected chi connectivity index (χ4v) is 3.50. The zero-order valence-electron chi connectivity index (χ0n) is 15.6. The van der Waals surface area contributed by atoms with Crippen LogP contribution in [0.3, 0.4) is 0 Å². The number of rotatable bonds is 6. The summed E-state index contributed by atoms with van der Waals surface area (Å²) in [6.07, 6.45) is 3.39. The monoisotopic (exact) mass is 373 g/mol. The number of ether oxygens (including phenoxy) is 2. The van der Waals surface area contributed by atoms with E-state index in [1.807, 2.05) is 0 Å². The number of phenols is 1. The Morgan fingerprint density at radius 2 is 1.78 bits per heavy atom. The van der Waals surface area contributed by atoms with E-state index in [4.69, 9.17) is 9.47 Å². The third-order valence-electron chi connectivity index (χ3n) is 4.94. The molecule has 0 aliphatic carbocycles. The maximum Gasteiger partial charge on any atom is 0.203 e. The zero-order valence-corrected chi connectivity index (χ0v) is 15.6. The Hall–Kier alpha value is -2.60. The number of carbonyl (C=O) groups excluding carboxylic acids is 1. The van der Waals surface area contributed by atoms with E-state index in [1.54, 1.807) is 12.1 Å². The van der Waals surface area contributed by atoms with Crippen molar-refractivity contribution in [1.29, 1.82) is 0 Å². The second-order valence-electron chi connectivity index (χ2n) is 6.63. The Kier molecular flexibility index (Phi) is 5.96. The predicted octanol–water partition coefficient (Wildman–Crippen LogP) is 3.77. The number of carbonyl (C=O) groups is 1. The molecule has 1 N–H and O–H groups in total. The average molecular weight is 373 g/mol. The number of halogens is 1. The van der Waals surface area contributed by atoms with E-state index in [2.05, 4.69) is 4.90 Å². The Labute approximate surface area is 158 Å². The number of aromatic hydroxyl groups is 1. The highest BCUT2D eigenvalue weighted by molar-refractivity contribution is 6.13. The van der Waals surface area contributed by atoms with Gasteiger partial charge in [-0.15, -0.1) is 0 Å². The van der Waals surface area contributed by atoms with Crippen molar-refractivity contribution in [1.82, 2.24) is 4.90 Å². The van der Waals surface area contributed by atoms with Gasteiger partial charge < -0.3 is 14.6 Å². The highest BCUT2D eigenvalue weighted by atomic mass is 19.1. The molecule has 0 spiro atoms. The van der Waals surface area contributed by atoms with Crippen LogP contribution < -0.4 is 9.47 Å². The summed E-state index contributed by atoms with van der Waals surface area (Å²) in [4.78, 5) is 15.2. The highest BCUT2D eigenvalue weighted by Crippen LogP contribution is 2.40. The van der Waals surface area contributed by atoms with Crippen LogP contribution >= 0.6 is 0 Å². The van der Waals surface area contributed by atoms with Crippen molar-refractivity contribution in [3.8, 4) is 17.2 Å². The van der Waals surface area contributed by atoms with Crippen molar-refractivity contribution in [2.75, 3.05) is 27.3 Å². The molecule has 0 aromatic heterocycles. The van der Waals surface area contributed by atoms with E-state index in [-0.39, 0.29) is 22.6 Å². The van der Waals surface area contributed by atoms with Crippen molar-refractivity contribution in [3.05, 3.63) is 52.8 Å². The number of benzene rings is 2. The van der Waals surface area contributed by atoms with Crippen molar-refractivity contribution in [2.24, 2.45) is 0 Å². The quantitative estimate of drug-likeness (QED) is 0.781. The van der Waals surface area contributed by atoms with Gasteiger partial charge in [-0.1, -0.05) is 18.6 Å². The third-order valence-corrected chi connectivity index (χ3v) is 4.94. The molecular formula is C21H24FNO4.